The second kappa shape index (κ2) is 6.54. The zero-order valence-electron chi connectivity index (χ0n) is 13.4. The summed E-state index contributed by atoms with van der Waals surface area (Å²) < 4.78 is 5.04. The lowest BCUT2D eigenvalue weighted by Crippen LogP contribution is -2.30. The number of pyridine rings is 1. The maximum atomic E-state index is 5.04. The Balaban J connectivity index is 1.65. The van der Waals surface area contributed by atoms with Crippen LogP contribution in [0.5, 0.6) is 0 Å². The molecule has 0 radical (unpaired) electrons. The Morgan fingerprint density at radius 3 is 3.00 bits per heavy atom. The number of aryl methyl sites for hydroxylation is 1. The van der Waals surface area contributed by atoms with Crippen molar-refractivity contribution in [3.63, 3.8) is 0 Å². The van der Waals surface area contributed by atoms with E-state index in [9.17, 15) is 0 Å². The minimum Gasteiger partial charge on any atom is -0.340 e. The number of aromatic nitrogens is 3. The van der Waals surface area contributed by atoms with Crippen molar-refractivity contribution in [2.24, 2.45) is 5.92 Å². The smallest absolute Gasteiger partial charge is 0.223 e. The maximum Gasteiger partial charge on any atom is 0.223 e. The standard InChI is InChI=1S/C16H23N5O/c1-12-18-15(19-22-12)11-20(2)10-14-6-8-21(3)16(14)13-5-4-7-17-9-13/h4-5,7,9,14,16H,6,8,10-11H2,1-3H3/t14-,16-/m0/s1. The molecule has 1 fully saturated rings. The average Bonchev–Trinajstić information content (AvgIpc) is 3.06. The summed E-state index contributed by atoms with van der Waals surface area (Å²) in [5.74, 6) is 1.97. The maximum absolute atomic E-state index is 5.04. The molecule has 6 nitrogen and oxygen atoms in total. The van der Waals surface area contributed by atoms with E-state index in [4.69, 9.17) is 4.52 Å². The SMILES string of the molecule is Cc1nc(CN(C)C[C@@H]2CCN(C)[C@H]2c2cccnc2)no1. The molecule has 0 aliphatic carbocycles. The first-order valence-corrected chi connectivity index (χ1v) is 7.71. The average molecular weight is 301 g/mol. The Morgan fingerprint density at radius 1 is 1.45 bits per heavy atom. The van der Waals surface area contributed by atoms with Crippen molar-refractivity contribution in [1.82, 2.24) is 24.9 Å². The molecule has 2 atom stereocenters. The fourth-order valence-electron chi connectivity index (χ4n) is 3.41. The van der Waals surface area contributed by atoms with Crippen LogP contribution in [0.3, 0.4) is 0 Å². The van der Waals surface area contributed by atoms with Crippen LogP contribution in [0.15, 0.2) is 29.0 Å². The summed E-state index contributed by atoms with van der Waals surface area (Å²) in [6, 6.07) is 4.63. The summed E-state index contributed by atoms with van der Waals surface area (Å²) >= 11 is 0. The number of nitrogens with zero attached hydrogens (tertiary/aromatic N) is 5. The summed E-state index contributed by atoms with van der Waals surface area (Å²) in [6.07, 6.45) is 5.02. The fraction of sp³-hybridized carbons (Fsp3) is 0.562. The van der Waals surface area contributed by atoms with E-state index in [2.05, 4.69) is 45.1 Å². The molecule has 1 aliphatic rings. The minimum absolute atomic E-state index is 0.433. The Labute approximate surface area is 131 Å². The molecule has 6 heteroatoms. The Morgan fingerprint density at radius 2 is 2.32 bits per heavy atom. The van der Waals surface area contributed by atoms with Gasteiger partial charge in [0.2, 0.25) is 5.89 Å². The zero-order chi connectivity index (χ0) is 15.5. The van der Waals surface area contributed by atoms with Gasteiger partial charge in [0.05, 0.1) is 6.54 Å². The van der Waals surface area contributed by atoms with Gasteiger partial charge < -0.3 is 4.52 Å². The normalized spacial score (nSPS) is 22.5. The molecule has 0 amide bonds. The van der Waals surface area contributed by atoms with Crippen LogP contribution in [0, 0.1) is 12.8 Å². The van der Waals surface area contributed by atoms with E-state index >= 15 is 0 Å². The molecule has 22 heavy (non-hydrogen) atoms. The summed E-state index contributed by atoms with van der Waals surface area (Å²) in [5.41, 5.74) is 1.30. The van der Waals surface area contributed by atoms with Crippen molar-refractivity contribution >= 4 is 0 Å². The highest BCUT2D eigenvalue weighted by atomic mass is 16.5. The summed E-state index contributed by atoms with van der Waals surface area (Å²) in [5, 5.41) is 3.97. The molecule has 118 valence electrons. The molecular weight excluding hydrogens is 278 g/mol. The monoisotopic (exact) mass is 301 g/mol. The number of likely N-dealkylation sites (tertiary alicyclic amines) is 1. The molecule has 0 N–H and O–H groups in total. The van der Waals surface area contributed by atoms with Crippen LogP contribution in [0.25, 0.3) is 0 Å². The molecule has 2 aromatic heterocycles. The highest BCUT2D eigenvalue weighted by Crippen LogP contribution is 2.36. The van der Waals surface area contributed by atoms with Gasteiger partial charge in [-0.25, -0.2) is 0 Å². The molecule has 1 aliphatic heterocycles. The third-order valence-corrected chi connectivity index (χ3v) is 4.33. The Bertz CT molecular complexity index is 600. The largest absolute Gasteiger partial charge is 0.340 e. The lowest BCUT2D eigenvalue weighted by atomic mass is 9.94. The molecule has 1 saturated heterocycles. The molecule has 0 unspecified atom stereocenters. The van der Waals surface area contributed by atoms with E-state index in [1.807, 2.05) is 25.4 Å². The fourth-order valence-corrected chi connectivity index (χ4v) is 3.41. The Hall–Kier alpha value is -1.79. The first kappa shape index (κ1) is 15.1. The van der Waals surface area contributed by atoms with Crippen LogP contribution >= 0.6 is 0 Å². The van der Waals surface area contributed by atoms with Crippen LogP contribution in [-0.4, -0.2) is 52.1 Å². The summed E-state index contributed by atoms with van der Waals surface area (Å²) in [7, 11) is 4.31. The molecule has 0 saturated carbocycles. The molecule has 0 spiro atoms. The predicted molar refractivity (Wildman–Crippen MR) is 83.1 cm³/mol. The van der Waals surface area contributed by atoms with Crippen LogP contribution in [0.1, 0.15) is 29.7 Å². The molecule has 3 rings (SSSR count). The van der Waals surface area contributed by atoms with Gasteiger partial charge in [-0.3, -0.25) is 14.8 Å². The third kappa shape index (κ3) is 3.34. The van der Waals surface area contributed by atoms with Gasteiger partial charge >= 0.3 is 0 Å². The van der Waals surface area contributed by atoms with Crippen molar-refractivity contribution in [3.05, 3.63) is 41.8 Å². The number of hydrogen-bond donors (Lipinski definition) is 0. The van der Waals surface area contributed by atoms with E-state index in [-0.39, 0.29) is 0 Å². The van der Waals surface area contributed by atoms with Gasteiger partial charge in [0, 0.05) is 31.9 Å². The van der Waals surface area contributed by atoms with E-state index in [1.54, 1.807) is 0 Å². The molecule has 3 heterocycles. The first-order chi connectivity index (χ1) is 10.6. The molecule has 2 aromatic rings. The first-order valence-electron chi connectivity index (χ1n) is 7.71. The van der Waals surface area contributed by atoms with Crippen molar-refractivity contribution in [2.75, 3.05) is 27.2 Å². The topological polar surface area (TPSA) is 58.3 Å². The van der Waals surface area contributed by atoms with Crippen LogP contribution < -0.4 is 0 Å². The van der Waals surface area contributed by atoms with Crippen molar-refractivity contribution in [3.8, 4) is 0 Å². The van der Waals surface area contributed by atoms with Gasteiger partial charge in [-0.15, -0.1) is 0 Å². The highest BCUT2D eigenvalue weighted by molar-refractivity contribution is 5.17. The molecule has 0 aromatic carbocycles. The third-order valence-electron chi connectivity index (χ3n) is 4.33. The van der Waals surface area contributed by atoms with Crippen LogP contribution in [0.2, 0.25) is 0 Å². The van der Waals surface area contributed by atoms with Crippen LogP contribution in [-0.2, 0) is 6.54 Å². The van der Waals surface area contributed by atoms with Gasteiger partial charge in [-0.05, 0) is 44.6 Å². The zero-order valence-corrected chi connectivity index (χ0v) is 13.4. The number of rotatable bonds is 5. The molecular formula is C16H23N5O. The van der Waals surface area contributed by atoms with Crippen molar-refractivity contribution < 1.29 is 4.52 Å². The van der Waals surface area contributed by atoms with Gasteiger partial charge in [0.15, 0.2) is 5.82 Å². The van der Waals surface area contributed by atoms with E-state index < -0.39 is 0 Å². The van der Waals surface area contributed by atoms with Crippen molar-refractivity contribution in [1.29, 1.82) is 0 Å². The van der Waals surface area contributed by atoms with Gasteiger partial charge in [0.1, 0.15) is 0 Å². The quantitative estimate of drug-likeness (QED) is 0.840. The van der Waals surface area contributed by atoms with Gasteiger partial charge in [-0.1, -0.05) is 11.2 Å². The minimum atomic E-state index is 0.433. The highest BCUT2D eigenvalue weighted by Gasteiger charge is 2.33. The second-order valence-electron chi connectivity index (χ2n) is 6.19. The van der Waals surface area contributed by atoms with E-state index in [1.165, 1.54) is 12.0 Å². The second-order valence-corrected chi connectivity index (χ2v) is 6.19. The van der Waals surface area contributed by atoms with Crippen molar-refractivity contribution in [2.45, 2.75) is 25.9 Å². The van der Waals surface area contributed by atoms with Gasteiger partial charge in [-0.2, -0.15) is 4.98 Å². The summed E-state index contributed by atoms with van der Waals surface area (Å²) in [6.45, 7) is 4.68. The van der Waals surface area contributed by atoms with E-state index in [0.29, 0.717) is 17.9 Å². The Kier molecular flexibility index (Phi) is 4.49. The predicted octanol–water partition coefficient (Wildman–Crippen LogP) is 1.90. The van der Waals surface area contributed by atoms with Gasteiger partial charge in [0.25, 0.3) is 0 Å². The summed E-state index contributed by atoms with van der Waals surface area (Å²) in [4.78, 5) is 13.3. The van der Waals surface area contributed by atoms with E-state index in [0.717, 1.165) is 25.5 Å². The molecule has 0 bridgehead atoms. The lowest BCUT2D eigenvalue weighted by molar-refractivity contribution is 0.209. The number of hydrogen-bond acceptors (Lipinski definition) is 6. The van der Waals surface area contributed by atoms with Crippen LogP contribution in [0.4, 0.5) is 0 Å². The lowest BCUT2D eigenvalue weighted by Gasteiger charge is -2.28.